The number of rotatable bonds is 7. The molecule has 0 atom stereocenters. The number of aliphatic hydroxyl groups is 1. The maximum absolute atomic E-state index is 13.2. The van der Waals surface area contributed by atoms with Crippen molar-refractivity contribution < 1.29 is 9.50 Å². The minimum absolute atomic E-state index is 0.173. The first-order valence-electron chi connectivity index (χ1n) is 8.40. The minimum Gasteiger partial charge on any atom is -0.396 e. The lowest BCUT2D eigenvalue weighted by Gasteiger charge is -2.05. The molecule has 0 aliphatic carbocycles. The van der Waals surface area contributed by atoms with E-state index in [4.69, 9.17) is 10.2 Å². The van der Waals surface area contributed by atoms with E-state index < -0.39 is 0 Å². The second-order valence-corrected chi connectivity index (χ2v) is 6.05. The fraction of sp³-hybridized carbons (Fsp3) is 0.250. The van der Waals surface area contributed by atoms with E-state index in [1.165, 1.54) is 17.7 Å². The van der Waals surface area contributed by atoms with Gasteiger partial charge in [-0.1, -0.05) is 23.8 Å². The number of hydrogen-bond donors (Lipinski definition) is 2. The molecule has 0 bridgehead atoms. The lowest BCUT2D eigenvalue weighted by Crippen LogP contribution is -2.15. The highest BCUT2D eigenvalue weighted by molar-refractivity contribution is 5.64. The van der Waals surface area contributed by atoms with Crippen molar-refractivity contribution in [2.75, 3.05) is 13.2 Å². The molecule has 0 saturated heterocycles. The summed E-state index contributed by atoms with van der Waals surface area (Å²) in [6.45, 7) is 3.63. The fourth-order valence-corrected chi connectivity index (χ4v) is 2.73. The first kappa shape index (κ1) is 17.3. The largest absolute Gasteiger partial charge is 0.396 e. The van der Waals surface area contributed by atoms with Crippen molar-refractivity contribution in [1.29, 1.82) is 0 Å². The molecule has 2 aromatic carbocycles. The van der Waals surface area contributed by atoms with Crippen molar-refractivity contribution in [3.63, 3.8) is 0 Å². The first-order valence-corrected chi connectivity index (χ1v) is 8.40. The van der Waals surface area contributed by atoms with Gasteiger partial charge in [0, 0.05) is 30.5 Å². The van der Waals surface area contributed by atoms with Crippen molar-refractivity contribution in [2.45, 2.75) is 19.9 Å². The molecule has 0 amide bonds. The third kappa shape index (κ3) is 4.32. The van der Waals surface area contributed by atoms with Crippen LogP contribution in [0.1, 0.15) is 17.5 Å². The van der Waals surface area contributed by atoms with Crippen molar-refractivity contribution in [3.8, 4) is 16.9 Å². The van der Waals surface area contributed by atoms with E-state index in [-0.39, 0.29) is 12.4 Å². The molecule has 1 aromatic heterocycles. The molecule has 130 valence electrons. The Morgan fingerprint density at radius 2 is 1.96 bits per heavy atom. The Kier molecular flexibility index (Phi) is 5.58. The second-order valence-electron chi connectivity index (χ2n) is 6.05. The number of benzene rings is 2. The van der Waals surface area contributed by atoms with Gasteiger partial charge in [0.1, 0.15) is 5.82 Å². The van der Waals surface area contributed by atoms with Crippen LogP contribution in [0.2, 0.25) is 0 Å². The summed E-state index contributed by atoms with van der Waals surface area (Å²) in [4.78, 5) is 0. The van der Waals surface area contributed by atoms with Gasteiger partial charge in [-0.05, 0) is 50.2 Å². The van der Waals surface area contributed by atoms with Crippen LogP contribution < -0.4 is 5.32 Å². The molecule has 0 aliphatic heterocycles. The summed E-state index contributed by atoms with van der Waals surface area (Å²) in [5.41, 5.74) is 5.02. The molecule has 25 heavy (non-hydrogen) atoms. The summed E-state index contributed by atoms with van der Waals surface area (Å²) < 4.78 is 15.0. The molecular weight excluding hydrogens is 317 g/mol. The maximum Gasteiger partial charge on any atom is 0.123 e. The molecular formula is C20H22FN3O. The topological polar surface area (TPSA) is 50.1 Å². The van der Waals surface area contributed by atoms with Gasteiger partial charge in [-0.3, -0.25) is 0 Å². The van der Waals surface area contributed by atoms with E-state index in [1.807, 2.05) is 18.3 Å². The van der Waals surface area contributed by atoms with Crippen LogP contribution in [0.3, 0.4) is 0 Å². The third-order valence-electron chi connectivity index (χ3n) is 4.00. The van der Waals surface area contributed by atoms with Crippen LogP contribution in [0, 0.1) is 12.7 Å². The van der Waals surface area contributed by atoms with Crippen LogP contribution in [0.15, 0.2) is 54.7 Å². The standard InChI is InChI=1S/C20H22FN3O/c1-15-4-2-5-16(12-15)20-17(13-22-10-3-11-25)14-24(23-20)19-8-6-18(21)7-9-19/h2,4-9,12,14,22,25H,3,10-11,13H2,1H3. The van der Waals surface area contributed by atoms with Crippen molar-refractivity contribution in [1.82, 2.24) is 15.1 Å². The monoisotopic (exact) mass is 339 g/mol. The SMILES string of the molecule is Cc1cccc(-c2nn(-c3ccc(F)cc3)cc2CNCCCO)c1. The predicted octanol–water partition coefficient (Wildman–Crippen LogP) is 3.46. The van der Waals surface area contributed by atoms with Gasteiger partial charge < -0.3 is 10.4 Å². The fourth-order valence-electron chi connectivity index (χ4n) is 2.73. The summed E-state index contributed by atoms with van der Waals surface area (Å²) >= 11 is 0. The highest BCUT2D eigenvalue weighted by Crippen LogP contribution is 2.24. The molecule has 0 unspecified atom stereocenters. The molecule has 0 radical (unpaired) electrons. The van der Waals surface area contributed by atoms with E-state index in [1.54, 1.807) is 16.8 Å². The first-order chi connectivity index (χ1) is 12.2. The van der Waals surface area contributed by atoms with Gasteiger partial charge >= 0.3 is 0 Å². The van der Waals surface area contributed by atoms with E-state index in [0.29, 0.717) is 13.0 Å². The van der Waals surface area contributed by atoms with Crippen LogP contribution >= 0.6 is 0 Å². The smallest absolute Gasteiger partial charge is 0.123 e. The molecule has 0 aliphatic rings. The predicted molar refractivity (Wildman–Crippen MR) is 97.1 cm³/mol. The van der Waals surface area contributed by atoms with Gasteiger partial charge in [-0.25, -0.2) is 9.07 Å². The summed E-state index contributed by atoms with van der Waals surface area (Å²) in [6, 6.07) is 14.5. The molecule has 4 nitrogen and oxygen atoms in total. The van der Waals surface area contributed by atoms with Crippen LogP contribution in [0.4, 0.5) is 4.39 Å². The van der Waals surface area contributed by atoms with E-state index in [0.717, 1.165) is 29.1 Å². The number of nitrogens with zero attached hydrogens (tertiary/aromatic N) is 2. The minimum atomic E-state index is -0.263. The zero-order chi connectivity index (χ0) is 17.6. The molecule has 1 heterocycles. The van der Waals surface area contributed by atoms with Gasteiger partial charge in [-0.2, -0.15) is 5.10 Å². The molecule has 3 aromatic rings. The summed E-state index contributed by atoms with van der Waals surface area (Å²) in [7, 11) is 0. The highest BCUT2D eigenvalue weighted by atomic mass is 19.1. The lowest BCUT2D eigenvalue weighted by molar-refractivity contribution is 0.286. The van der Waals surface area contributed by atoms with Crippen molar-refractivity contribution in [3.05, 3.63) is 71.7 Å². The van der Waals surface area contributed by atoms with Gasteiger partial charge in [0.25, 0.3) is 0 Å². The Hall–Kier alpha value is -2.50. The summed E-state index contributed by atoms with van der Waals surface area (Å²) in [5.74, 6) is -0.263. The van der Waals surface area contributed by atoms with Crippen LogP contribution in [-0.4, -0.2) is 28.0 Å². The molecule has 0 spiro atoms. The zero-order valence-corrected chi connectivity index (χ0v) is 14.2. The normalized spacial score (nSPS) is 11.0. The van der Waals surface area contributed by atoms with Gasteiger partial charge in [0.2, 0.25) is 0 Å². The zero-order valence-electron chi connectivity index (χ0n) is 14.2. The Morgan fingerprint density at radius 1 is 1.16 bits per heavy atom. The lowest BCUT2D eigenvalue weighted by atomic mass is 10.1. The third-order valence-corrected chi connectivity index (χ3v) is 4.00. The quantitative estimate of drug-likeness (QED) is 0.648. The number of aromatic nitrogens is 2. The van der Waals surface area contributed by atoms with Crippen LogP contribution in [0.25, 0.3) is 16.9 Å². The Labute approximate surface area is 146 Å². The maximum atomic E-state index is 13.2. The Balaban J connectivity index is 1.94. The van der Waals surface area contributed by atoms with Gasteiger partial charge in [-0.15, -0.1) is 0 Å². The average molecular weight is 339 g/mol. The number of aryl methyl sites for hydroxylation is 1. The summed E-state index contributed by atoms with van der Waals surface area (Å²) in [6.07, 6.45) is 2.68. The second kappa shape index (κ2) is 8.05. The highest BCUT2D eigenvalue weighted by Gasteiger charge is 2.12. The van der Waals surface area contributed by atoms with Crippen molar-refractivity contribution in [2.24, 2.45) is 0 Å². The molecule has 0 fully saturated rings. The van der Waals surface area contributed by atoms with Gasteiger partial charge in [0.15, 0.2) is 0 Å². The van der Waals surface area contributed by atoms with Crippen LogP contribution in [0.5, 0.6) is 0 Å². The number of halogens is 1. The molecule has 3 rings (SSSR count). The Morgan fingerprint density at radius 3 is 2.68 bits per heavy atom. The van der Waals surface area contributed by atoms with Crippen LogP contribution in [-0.2, 0) is 6.54 Å². The molecule has 2 N–H and O–H groups in total. The van der Waals surface area contributed by atoms with E-state index in [9.17, 15) is 4.39 Å². The van der Waals surface area contributed by atoms with E-state index in [2.05, 4.69) is 24.4 Å². The average Bonchev–Trinajstić information content (AvgIpc) is 3.03. The Bertz CT molecular complexity index is 827. The van der Waals surface area contributed by atoms with E-state index >= 15 is 0 Å². The number of aliphatic hydroxyl groups excluding tert-OH is 1. The number of nitrogens with one attached hydrogen (secondary N) is 1. The van der Waals surface area contributed by atoms with Crippen molar-refractivity contribution >= 4 is 0 Å². The number of hydrogen-bond acceptors (Lipinski definition) is 3. The van der Waals surface area contributed by atoms with Gasteiger partial charge in [0.05, 0.1) is 11.4 Å². The molecule has 5 heteroatoms. The summed E-state index contributed by atoms with van der Waals surface area (Å²) in [5, 5.41) is 17.0. The molecule has 0 saturated carbocycles.